The van der Waals surface area contributed by atoms with E-state index in [-0.39, 0.29) is 11.9 Å². The van der Waals surface area contributed by atoms with Gasteiger partial charge in [-0.25, -0.2) is 9.97 Å². The Morgan fingerprint density at radius 3 is 3.00 bits per heavy atom. The molecule has 0 spiro atoms. The van der Waals surface area contributed by atoms with Crippen molar-refractivity contribution in [1.29, 1.82) is 5.26 Å². The Hall–Kier alpha value is -2.68. The van der Waals surface area contributed by atoms with E-state index < -0.39 is 0 Å². The lowest BCUT2D eigenvalue weighted by atomic mass is 10.1. The highest BCUT2D eigenvalue weighted by Gasteiger charge is 2.36. The van der Waals surface area contributed by atoms with Crippen molar-refractivity contribution in [2.24, 2.45) is 0 Å². The highest BCUT2D eigenvalue weighted by Crippen LogP contribution is 2.32. The monoisotopic (exact) mass is 335 g/mol. The Morgan fingerprint density at radius 1 is 1.44 bits per heavy atom. The van der Waals surface area contributed by atoms with E-state index >= 15 is 0 Å². The Balaban J connectivity index is 1.66. The molecule has 3 heterocycles. The van der Waals surface area contributed by atoms with E-state index in [2.05, 4.69) is 20.9 Å². The molecule has 6 nitrogen and oxygen atoms in total. The van der Waals surface area contributed by atoms with Gasteiger partial charge in [-0.05, 0) is 43.9 Å². The van der Waals surface area contributed by atoms with E-state index in [4.69, 9.17) is 0 Å². The first kappa shape index (κ1) is 15.8. The van der Waals surface area contributed by atoms with Gasteiger partial charge in [-0.3, -0.25) is 4.79 Å². The normalized spacial score (nSPS) is 19.8. The fraction of sp³-hybridized carbons (Fsp3) is 0.474. The highest BCUT2D eigenvalue weighted by atomic mass is 16.2. The highest BCUT2D eigenvalue weighted by molar-refractivity contribution is 5.80. The van der Waals surface area contributed by atoms with Gasteiger partial charge in [0.05, 0.1) is 5.56 Å². The van der Waals surface area contributed by atoms with E-state index in [0.29, 0.717) is 29.6 Å². The summed E-state index contributed by atoms with van der Waals surface area (Å²) in [6, 6.07) is 8.54. The first-order valence-corrected chi connectivity index (χ1v) is 8.87. The summed E-state index contributed by atoms with van der Waals surface area (Å²) >= 11 is 0. The van der Waals surface area contributed by atoms with Gasteiger partial charge < -0.3 is 9.80 Å². The second kappa shape index (κ2) is 6.32. The summed E-state index contributed by atoms with van der Waals surface area (Å²) in [5, 5.41) is 10.5. The summed E-state index contributed by atoms with van der Waals surface area (Å²) in [5.41, 5.74) is 1.24. The first-order chi connectivity index (χ1) is 12.2. The van der Waals surface area contributed by atoms with Crippen LogP contribution in [0.2, 0.25) is 0 Å². The third kappa shape index (κ3) is 3.02. The summed E-state index contributed by atoms with van der Waals surface area (Å²) in [7, 11) is 0. The van der Waals surface area contributed by atoms with E-state index in [1.165, 1.54) is 0 Å². The summed E-state index contributed by atoms with van der Waals surface area (Å²) in [4.78, 5) is 25.2. The molecule has 25 heavy (non-hydrogen) atoms. The van der Waals surface area contributed by atoms with E-state index in [9.17, 15) is 10.1 Å². The van der Waals surface area contributed by atoms with Gasteiger partial charge >= 0.3 is 0 Å². The van der Waals surface area contributed by atoms with Crippen molar-refractivity contribution in [1.82, 2.24) is 14.9 Å². The second-order valence-electron chi connectivity index (χ2n) is 6.91. The Kier molecular flexibility index (Phi) is 4.00. The number of rotatable bonds is 4. The third-order valence-electron chi connectivity index (χ3n) is 5.14. The minimum absolute atomic E-state index is 0.142. The van der Waals surface area contributed by atoms with Crippen molar-refractivity contribution in [3.8, 4) is 6.07 Å². The van der Waals surface area contributed by atoms with E-state index in [1.54, 1.807) is 13.1 Å². The molecule has 1 unspecified atom stereocenters. The molecule has 0 N–H and O–H groups in total. The topological polar surface area (TPSA) is 73.1 Å². The minimum atomic E-state index is 0.142. The van der Waals surface area contributed by atoms with Crippen LogP contribution in [0.15, 0.2) is 24.4 Å². The number of hydrogen-bond acceptors (Lipinski definition) is 5. The smallest absolute Gasteiger partial charge is 0.219 e. The fourth-order valence-corrected chi connectivity index (χ4v) is 3.75. The van der Waals surface area contributed by atoms with Crippen LogP contribution in [0.1, 0.15) is 38.2 Å². The molecule has 2 aromatic rings. The van der Waals surface area contributed by atoms with Crippen LogP contribution in [0.5, 0.6) is 0 Å². The first-order valence-electron chi connectivity index (χ1n) is 8.87. The summed E-state index contributed by atoms with van der Waals surface area (Å²) in [6.45, 7) is 3.23. The van der Waals surface area contributed by atoms with E-state index in [1.807, 2.05) is 23.1 Å². The number of nitriles is 1. The predicted octanol–water partition coefficient (Wildman–Crippen LogP) is 2.48. The zero-order valence-electron chi connectivity index (χ0n) is 14.4. The third-order valence-corrected chi connectivity index (χ3v) is 5.14. The van der Waals surface area contributed by atoms with E-state index in [0.717, 1.165) is 37.6 Å². The molecule has 2 aliphatic rings. The fourth-order valence-electron chi connectivity index (χ4n) is 3.75. The lowest BCUT2D eigenvalue weighted by Gasteiger charge is -2.31. The average Bonchev–Trinajstić information content (AvgIpc) is 3.36. The van der Waals surface area contributed by atoms with Crippen LogP contribution in [-0.4, -0.2) is 45.9 Å². The zero-order valence-corrected chi connectivity index (χ0v) is 14.4. The van der Waals surface area contributed by atoms with Gasteiger partial charge in [0.2, 0.25) is 5.91 Å². The van der Waals surface area contributed by atoms with Crippen molar-refractivity contribution in [2.45, 2.75) is 44.7 Å². The molecule has 1 aliphatic carbocycles. The molecule has 1 amide bonds. The SMILES string of the molecule is CC(=O)N(CC1CCCN1c1nc2ncccc2cc1C#N)C1CC1. The quantitative estimate of drug-likeness (QED) is 0.858. The van der Waals surface area contributed by atoms with Gasteiger partial charge in [0.25, 0.3) is 0 Å². The molecular formula is C19H21N5O. The Labute approximate surface area is 147 Å². The number of fused-ring (bicyclic) bond motifs is 1. The lowest BCUT2D eigenvalue weighted by Crippen LogP contribution is -2.44. The molecule has 1 saturated carbocycles. The van der Waals surface area contributed by atoms with Crippen LogP contribution in [0.25, 0.3) is 11.0 Å². The van der Waals surface area contributed by atoms with Crippen LogP contribution in [0.3, 0.4) is 0 Å². The number of pyridine rings is 2. The van der Waals surface area contributed by atoms with Gasteiger partial charge in [0.15, 0.2) is 5.65 Å². The van der Waals surface area contributed by atoms with Gasteiger partial charge in [-0.2, -0.15) is 5.26 Å². The number of aromatic nitrogens is 2. The maximum absolute atomic E-state index is 12.0. The van der Waals surface area contributed by atoms with Crippen LogP contribution >= 0.6 is 0 Å². The Bertz CT molecular complexity index is 855. The maximum Gasteiger partial charge on any atom is 0.219 e. The van der Waals surface area contributed by atoms with Crippen LogP contribution in [0.4, 0.5) is 5.82 Å². The van der Waals surface area contributed by atoms with Crippen LogP contribution in [0, 0.1) is 11.3 Å². The van der Waals surface area contributed by atoms with Crippen LogP contribution in [-0.2, 0) is 4.79 Å². The standard InChI is InChI=1S/C19H21N5O/c1-13(25)24(16-6-7-16)12-17-5-3-9-23(17)19-15(11-20)10-14-4-2-8-21-18(14)22-19/h2,4,8,10,16-17H,3,5-7,9,12H2,1H3. The van der Waals surface area contributed by atoms with Gasteiger partial charge in [0, 0.05) is 43.7 Å². The second-order valence-corrected chi connectivity index (χ2v) is 6.91. The van der Waals surface area contributed by atoms with Crippen LogP contribution < -0.4 is 4.90 Å². The molecule has 1 aliphatic heterocycles. The molecule has 1 atom stereocenters. The number of nitrogens with zero attached hydrogens (tertiary/aromatic N) is 5. The van der Waals surface area contributed by atoms with Gasteiger partial charge in [-0.15, -0.1) is 0 Å². The summed E-state index contributed by atoms with van der Waals surface area (Å²) < 4.78 is 0. The largest absolute Gasteiger partial charge is 0.351 e. The number of carbonyl (C=O) groups is 1. The van der Waals surface area contributed by atoms with Crippen molar-refractivity contribution >= 4 is 22.8 Å². The van der Waals surface area contributed by atoms with Gasteiger partial charge in [0.1, 0.15) is 11.9 Å². The summed E-state index contributed by atoms with van der Waals surface area (Å²) in [6.07, 6.45) is 6.00. The molecule has 0 aromatic carbocycles. The van der Waals surface area contributed by atoms with Gasteiger partial charge in [-0.1, -0.05) is 0 Å². The molecule has 128 valence electrons. The number of hydrogen-bond donors (Lipinski definition) is 0. The summed E-state index contributed by atoms with van der Waals surface area (Å²) in [5.74, 6) is 0.846. The average molecular weight is 335 g/mol. The van der Waals surface area contributed by atoms with Crippen molar-refractivity contribution < 1.29 is 4.79 Å². The predicted molar refractivity (Wildman–Crippen MR) is 95.0 cm³/mol. The number of carbonyl (C=O) groups excluding carboxylic acids is 1. The molecule has 4 rings (SSSR count). The Morgan fingerprint density at radius 2 is 2.28 bits per heavy atom. The molecule has 6 heteroatoms. The molecule has 0 radical (unpaired) electrons. The van der Waals surface area contributed by atoms with Crippen molar-refractivity contribution in [2.75, 3.05) is 18.0 Å². The van der Waals surface area contributed by atoms with Crippen molar-refractivity contribution in [3.05, 3.63) is 30.0 Å². The lowest BCUT2D eigenvalue weighted by molar-refractivity contribution is -0.129. The maximum atomic E-state index is 12.0. The zero-order chi connectivity index (χ0) is 17.4. The van der Waals surface area contributed by atoms with Crippen molar-refractivity contribution in [3.63, 3.8) is 0 Å². The molecule has 0 bridgehead atoms. The minimum Gasteiger partial charge on any atom is -0.351 e. The molecular weight excluding hydrogens is 314 g/mol. The molecule has 2 aromatic heterocycles. The molecule has 1 saturated heterocycles. The number of anilines is 1. The molecule has 2 fully saturated rings. The number of amides is 1.